The number of benzene rings is 3. The molecule has 0 spiro atoms. The molecule has 1 amide bonds. The van der Waals surface area contributed by atoms with Gasteiger partial charge in [0.25, 0.3) is 5.91 Å². The number of thioether (sulfide) groups is 1. The van der Waals surface area contributed by atoms with Crippen LogP contribution in [0, 0.1) is 26.6 Å². The number of aromatic nitrogens is 3. The van der Waals surface area contributed by atoms with Gasteiger partial charge in [-0.15, -0.1) is 5.10 Å². The predicted molar refractivity (Wildman–Crippen MR) is 146 cm³/mol. The van der Waals surface area contributed by atoms with Crippen molar-refractivity contribution in [2.75, 3.05) is 10.6 Å². The summed E-state index contributed by atoms with van der Waals surface area (Å²) < 4.78 is 16.8. The van der Waals surface area contributed by atoms with Gasteiger partial charge in [0, 0.05) is 22.7 Å². The number of nitrogens with one attached hydrogen (secondary N) is 2. The zero-order valence-corrected chi connectivity index (χ0v) is 22.0. The average Bonchev–Trinajstić information content (AvgIpc) is 3.26. The van der Waals surface area contributed by atoms with Crippen molar-refractivity contribution >= 4 is 29.3 Å². The van der Waals surface area contributed by atoms with E-state index in [4.69, 9.17) is 5.10 Å². The lowest BCUT2D eigenvalue weighted by Crippen LogP contribution is -2.32. The van der Waals surface area contributed by atoms with E-state index in [2.05, 4.69) is 40.7 Å². The number of hydrogen-bond donors (Lipinski definition) is 2. The maximum absolute atomic E-state index is 15.1. The zero-order chi connectivity index (χ0) is 26.1. The van der Waals surface area contributed by atoms with Crippen LogP contribution in [0.25, 0.3) is 0 Å². The van der Waals surface area contributed by atoms with Crippen LogP contribution in [0.4, 0.5) is 16.0 Å². The molecule has 1 aliphatic rings. The molecule has 188 valence electrons. The molecular weight excluding hydrogens is 485 g/mol. The second-order valence-corrected chi connectivity index (χ2v) is 10.2. The van der Waals surface area contributed by atoms with E-state index in [9.17, 15) is 4.79 Å². The maximum Gasteiger partial charge on any atom is 0.255 e. The Hall–Kier alpha value is -3.91. The van der Waals surface area contributed by atoms with E-state index in [0.29, 0.717) is 39.4 Å². The highest BCUT2D eigenvalue weighted by atomic mass is 32.2. The van der Waals surface area contributed by atoms with Crippen molar-refractivity contribution in [3.63, 3.8) is 0 Å². The molecule has 0 radical (unpaired) electrons. The molecule has 3 aromatic carbocycles. The fourth-order valence-electron chi connectivity index (χ4n) is 4.56. The predicted octanol–water partition coefficient (Wildman–Crippen LogP) is 6.56. The first kappa shape index (κ1) is 24.8. The van der Waals surface area contributed by atoms with Gasteiger partial charge in [-0.25, -0.2) is 9.07 Å². The number of nitrogens with zero attached hydrogens (tertiary/aromatic N) is 3. The number of carbonyl (C=O) groups is 1. The molecule has 0 fully saturated rings. The number of anilines is 2. The van der Waals surface area contributed by atoms with Gasteiger partial charge in [-0.1, -0.05) is 77.5 Å². The average molecular weight is 514 g/mol. The molecule has 2 N–H and O–H groups in total. The van der Waals surface area contributed by atoms with Gasteiger partial charge >= 0.3 is 0 Å². The first-order valence-electron chi connectivity index (χ1n) is 12.1. The summed E-state index contributed by atoms with van der Waals surface area (Å²) in [6, 6.07) is 19.8. The van der Waals surface area contributed by atoms with Crippen LogP contribution in [-0.2, 0) is 10.5 Å². The molecule has 0 aliphatic carbocycles. The zero-order valence-electron chi connectivity index (χ0n) is 21.2. The summed E-state index contributed by atoms with van der Waals surface area (Å²) in [6.45, 7) is 7.82. The molecule has 0 saturated heterocycles. The van der Waals surface area contributed by atoms with Gasteiger partial charge < -0.3 is 10.6 Å². The van der Waals surface area contributed by atoms with Crippen molar-refractivity contribution in [2.24, 2.45) is 0 Å². The third-order valence-corrected chi connectivity index (χ3v) is 7.27. The van der Waals surface area contributed by atoms with E-state index in [1.54, 1.807) is 22.9 Å². The topological polar surface area (TPSA) is 71.8 Å². The summed E-state index contributed by atoms with van der Waals surface area (Å²) >= 11 is 1.50. The number of carbonyl (C=O) groups excluding carboxylic acids is 1. The Morgan fingerprint density at radius 2 is 1.81 bits per heavy atom. The summed E-state index contributed by atoms with van der Waals surface area (Å²) in [5, 5.41) is 11.5. The molecular formula is C29H28FN5OS. The maximum atomic E-state index is 15.1. The van der Waals surface area contributed by atoms with E-state index >= 15 is 4.39 Å². The smallest absolute Gasteiger partial charge is 0.255 e. The summed E-state index contributed by atoms with van der Waals surface area (Å²) in [7, 11) is 0. The minimum atomic E-state index is -0.774. The Morgan fingerprint density at radius 1 is 1.03 bits per heavy atom. The number of fused-ring (bicyclic) bond motifs is 1. The highest BCUT2D eigenvalue weighted by Gasteiger charge is 2.36. The molecule has 2 heterocycles. The fraction of sp³-hybridized carbons (Fsp3) is 0.207. The molecule has 0 saturated carbocycles. The van der Waals surface area contributed by atoms with Crippen molar-refractivity contribution in [1.82, 2.24) is 14.8 Å². The lowest BCUT2D eigenvalue weighted by molar-refractivity contribution is -0.113. The minimum absolute atomic E-state index is 0.319. The molecule has 4 aromatic rings. The van der Waals surface area contributed by atoms with Crippen molar-refractivity contribution < 1.29 is 9.18 Å². The van der Waals surface area contributed by atoms with Crippen LogP contribution in [0.3, 0.4) is 0 Å². The number of hydrogen-bond acceptors (Lipinski definition) is 5. The normalized spacial score (nSPS) is 14.8. The number of rotatable bonds is 6. The van der Waals surface area contributed by atoms with E-state index in [-0.39, 0.29) is 5.91 Å². The second kappa shape index (κ2) is 10.2. The lowest BCUT2D eigenvalue weighted by atomic mass is 9.94. The molecule has 37 heavy (non-hydrogen) atoms. The van der Waals surface area contributed by atoms with Gasteiger partial charge in [-0.05, 0) is 51.0 Å². The van der Waals surface area contributed by atoms with Crippen LogP contribution >= 0.6 is 11.8 Å². The van der Waals surface area contributed by atoms with Crippen LogP contribution < -0.4 is 10.6 Å². The lowest BCUT2D eigenvalue weighted by Gasteiger charge is -2.29. The molecule has 0 unspecified atom stereocenters. The third kappa shape index (κ3) is 5.15. The summed E-state index contributed by atoms with van der Waals surface area (Å²) in [6.07, 6.45) is 0. The van der Waals surface area contributed by atoms with Crippen molar-refractivity contribution in [1.29, 1.82) is 0 Å². The molecule has 1 aliphatic heterocycles. The molecule has 8 heteroatoms. The molecule has 1 aromatic heterocycles. The molecule has 5 rings (SSSR count). The Morgan fingerprint density at radius 3 is 2.57 bits per heavy atom. The van der Waals surface area contributed by atoms with E-state index < -0.39 is 11.9 Å². The molecule has 6 nitrogen and oxygen atoms in total. The largest absolute Gasteiger partial charge is 0.328 e. The number of allylic oxidation sites excluding steroid dienone is 1. The summed E-state index contributed by atoms with van der Waals surface area (Å²) in [5.41, 5.74) is 6.47. The number of halogens is 1. The van der Waals surface area contributed by atoms with Crippen LogP contribution in [0.1, 0.15) is 40.8 Å². The second-order valence-electron chi connectivity index (χ2n) is 9.30. The van der Waals surface area contributed by atoms with Crippen LogP contribution in [-0.4, -0.2) is 20.7 Å². The van der Waals surface area contributed by atoms with Gasteiger partial charge in [0.2, 0.25) is 11.1 Å². The van der Waals surface area contributed by atoms with Crippen molar-refractivity contribution in [3.05, 3.63) is 112 Å². The highest BCUT2D eigenvalue weighted by Crippen LogP contribution is 2.38. The Bertz CT molecular complexity index is 1530. The van der Waals surface area contributed by atoms with E-state index in [1.165, 1.54) is 29.0 Å². The quantitative estimate of drug-likeness (QED) is 0.286. The number of aryl methyl sites for hydroxylation is 3. The Labute approximate surface area is 220 Å². The van der Waals surface area contributed by atoms with Crippen molar-refractivity contribution in [2.45, 2.75) is 44.6 Å². The van der Waals surface area contributed by atoms with Crippen LogP contribution in [0.2, 0.25) is 0 Å². The van der Waals surface area contributed by atoms with Crippen LogP contribution in [0.5, 0.6) is 0 Å². The SMILES string of the molecule is CC1=C(C(=O)Nc2ccc(C)cc2C)[C@H](c2ccccc2F)n2nc(SCc3cccc(C)c3)nc2N1. The number of amides is 1. The van der Waals surface area contributed by atoms with Gasteiger partial charge in [-0.2, -0.15) is 4.98 Å². The molecule has 0 bridgehead atoms. The minimum Gasteiger partial charge on any atom is -0.328 e. The van der Waals surface area contributed by atoms with Gasteiger partial charge in [0.05, 0.1) is 5.57 Å². The first-order valence-corrected chi connectivity index (χ1v) is 13.0. The Kier molecular flexibility index (Phi) is 6.84. The summed E-state index contributed by atoms with van der Waals surface area (Å²) in [4.78, 5) is 18.3. The first-order chi connectivity index (χ1) is 17.8. The Balaban J connectivity index is 1.50. The van der Waals surface area contributed by atoms with Gasteiger partial charge in [-0.3, -0.25) is 4.79 Å². The van der Waals surface area contributed by atoms with Gasteiger partial charge in [0.15, 0.2) is 0 Å². The van der Waals surface area contributed by atoms with E-state index in [1.807, 2.05) is 45.0 Å². The van der Waals surface area contributed by atoms with Gasteiger partial charge in [0.1, 0.15) is 11.9 Å². The standard InChI is InChI=1S/C29H28FN5OS/c1-17-8-7-9-21(15-17)16-37-29-33-28-31-20(4)25(27(36)32-24-13-12-18(2)14-19(24)3)26(35(28)34-29)22-10-5-6-11-23(22)30/h5-15,26H,16H2,1-4H3,(H,32,36)(H,31,33,34)/t26-/m0/s1. The van der Waals surface area contributed by atoms with Crippen LogP contribution in [0.15, 0.2) is 83.2 Å². The third-order valence-electron chi connectivity index (χ3n) is 6.36. The monoisotopic (exact) mass is 513 g/mol. The fourth-order valence-corrected chi connectivity index (χ4v) is 5.34. The summed E-state index contributed by atoms with van der Waals surface area (Å²) in [5.74, 6) is 0.442. The van der Waals surface area contributed by atoms with Crippen molar-refractivity contribution in [3.8, 4) is 0 Å². The van der Waals surface area contributed by atoms with E-state index in [0.717, 1.165) is 11.1 Å². The molecule has 1 atom stereocenters. The highest BCUT2D eigenvalue weighted by molar-refractivity contribution is 7.98.